The molecule has 116 valence electrons. The molecule has 1 aromatic rings. The molecule has 1 aliphatic heterocycles. The van der Waals surface area contributed by atoms with Crippen molar-refractivity contribution in [1.82, 2.24) is 15.3 Å². The van der Waals surface area contributed by atoms with Gasteiger partial charge in [-0.3, -0.25) is 0 Å². The largest absolute Gasteiger partial charge is 0.314 e. The zero-order valence-electron chi connectivity index (χ0n) is 13.3. The summed E-state index contributed by atoms with van der Waals surface area (Å²) in [5.74, 6) is 2.37. The first-order chi connectivity index (χ1) is 10.3. The standard InChI is InChI=1S/C17H27N3S/c1-3-14-13(9-10-18-12-7-8-12)15(4-2)20-17(19-14)16-6-5-11-21-16/h12,16,18H,3-11H2,1-2H3. The Morgan fingerprint density at radius 3 is 2.33 bits per heavy atom. The Hall–Kier alpha value is -0.610. The van der Waals surface area contributed by atoms with Crippen LogP contribution in [0.4, 0.5) is 0 Å². The molecule has 0 spiro atoms. The fourth-order valence-electron chi connectivity index (χ4n) is 3.09. The minimum Gasteiger partial charge on any atom is -0.314 e. The molecule has 3 nitrogen and oxygen atoms in total. The molecule has 4 heteroatoms. The van der Waals surface area contributed by atoms with Crippen LogP contribution in [0.1, 0.15) is 67.6 Å². The van der Waals surface area contributed by atoms with Gasteiger partial charge in [0.15, 0.2) is 0 Å². The Labute approximate surface area is 132 Å². The van der Waals surface area contributed by atoms with Crippen LogP contribution in [0.15, 0.2) is 0 Å². The molecule has 0 radical (unpaired) electrons. The molecule has 0 aromatic carbocycles. The van der Waals surface area contributed by atoms with Crippen LogP contribution in [0.2, 0.25) is 0 Å². The fourth-order valence-corrected chi connectivity index (χ4v) is 4.30. The Kier molecular flexibility index (Phi) is 5.17. The lowest BCUT2D eigenvalue weighted by molar-refractivity contribution is 0.665. The molecular formula is C17H27N3S. The molecule has 1 aliphatic carbocycles. The predicted octanol–water partition coefficient (Wildman–Crippen LogP) is 3.46. The molecule has 1 saturated heterocycles. The molecule has 1 atom stereocenters. The van der Waals surface area contributed by atoms with Crippen molar-refractivity contribution in [3.8, 4) is 0 Å². The lowest BCUT2D eigenvalue weighted by atomic mass is 10.0. The molecule has 0 bridgehead atoms. The van der Waals surface area contributed by atoms with Gasteiger partial charge in [0.2, 0.25) is 0 Å². The Morgan fingerprint density at radius 1 is 1.10 bits per heavy atom. The number of aromatic nitrogens is 2. The maximum Gasteiger partial charge on any atom is 0.141 e. The van der Waals surface area contributed by atoms with Crippen LogP contribution in [0.5, 0.6) is 0 Å². The second-order valence-corrected chi connectivity index (χ2v) is 7.45. The zero-order valence-corrected chi connectivity index (χ0v) is 14.1. The molecule has 1 unspecified atom stereocenters. The van der Waals surface area contributed by atoms with Crippen molar-refractivity contribution in [2.75, 3.05) is 12.3 Å². The number of nitrogens with zero attached hydrogens (tertiary/aromatic N) is 2. The van der Waals surface area contributed by atoms with E-state index in [9.17, 15) is 0 Å². The highest BCUT2D eigenvalue weighted by atomic mass is 32.2. The SMILES string of the molecule is CCc1nc(C2CCCS2)nc(CC)c1CCNC1CC1. The second kappa shape index (κ2) is 7.10. The van der Waals surface area contributed by atoms with Crippen molar-refractivity contribution in [3.05, 3.63) is 22.8 Å². The summed E-state index contributed by atoms with van der Waals surface area (Å²) < 4.78 is 0. The Balaban J connectivity index is 1.78. The lowest BCUT2D eigenvalue weighted by Gasteiger charge is -2.16. The van der Waals surface area contributed by atoms with E-state index < -0.39 is 0 Å². The van der Waals surface area contributed by atoms with Crippen molar-refractivity contribution in [3.63, 3.8) is 0 Å². The summed E-state index contributed by atoms with van der Waals surface area (Å²) in [5.41, 5.74) is 4.00. The third kappa shape index (κ3) is 3.78. The van der Waals surface area contributed by atoms with Crippen molar-refractivity contribution in [2.24, 2.45) is 0 Å². The van der Waals surface area contributed by atoms with Gasteiger partial charge in [0.25, 0.3) is 0 Å². The minimum absolute atomic E-state index is 0.541. The van der Waals surface area contributed by atoms with Gasteiger partial charge in [-0.25, -0.2) is 9.97 Å². The van der Waals surface area contributed by atoms with E-state index in [1.807, 2.05) is 11.8 Å². The van der Waals surface area contributed by atoms with Crippen molar-refractivity contribution >= 4 is 11.8 Å². The fraction of sp³-hybridized carbons (Fsp3) is 0.765. The third-order valence-electron chi connectivity index (χ3n) is 4.47. The number of thioether (sulfide) groups is 1. The first-order valence-electron chi connectivity index (χ1n) is 8.55. The van der Waals surface area contributed by atoms with Crippen LogP contribution in [0.25, 0.3) is 0 Å². The van der Waals surface area contributed by atoms with E-state index in [2.05, 4.69) is 19.2 Å². The maximum absolute atomic E-state index is 4.94. The number of hydrogen-bond acceptors (Lipinski definition) is 4. The van der Waals surface area contributed by atoms with Gasteiger partial charge in [-0.2, -0.15) is 11.8 Å². The maximum atomic E-state index is 4.94. The third-order valence-corrected chi connectivity index (χ3v) is 5.84. The number of rotatable bonds is 7. The van der Waals surface area contributed by atoms with Crippen molar-refractivity contribution < 1.29 is 0 Å². The summed E-state index contributed by atoms with van der Waals surface area (Å²) in [6, 6.07) is 0.787. The predicted molar refractivity (Wildman–Crippen MR) is 89.9 cm³/mol. The summed E-state index contributed by atoms with van der Waals surface area (Å²) in [4.78, 5) is 9.87. The molecule has 2 aliphatic rings. The molecule has 1 aromatic heterocycles. The zero-order chi connectivity index (χ0) is 14.7. The van der Waals surface area contributed by atoms with Crippen LogP contribution in [-0.2, 0) is 19.3 Å². The summed E-state index contributed by atoms with van der Waals surface area (Å²) in [5, 5.41) is 4.16. The summed E-state index contributed by atoms with van der Waals surface area (Å²) in [7, 11) is 0. The van der Waals surface area contributed by atoms with Gasteiger partial charge in [0.05, 0.1) is 5.25 Å². The average Bonchev–Trinajstić information content (AvgIpc) is 3.17. The highest BCUT2D eigenvalue weighted by molar-refractivity contribution is 7.99. The van der Waals surface area contributed by atoms with Gasteiger partial charge in [0, 0.05) is 17.4 Å². The number of hydrogen-bond donors (Lipinski definition) is 1. The van der Waals surface area contributed by atoms with E-state index in [1.54, 1.807) is 0 Å². The molecule has 0 amide bonds. The van der Waals surface area contributed by atoms with Gasteiger partial charge in [-0.15, -0.1) is 0 Å². The molecule has 2 heterocycles. The second-order valence-electron chi connectivity index (χ2n) is 6.14. The quantitative estimate of drug-likeness (QED) is 0.837. The highest BCUT2D eigenvalue weighted by Gasteiger charge is 2.24. The lowest BCUT2D eigenvalue weighted by Crippen LogP contribution is -2.21. The van der Waals surface area contributed by atoms with E-state index >= 15 is 0 Å². The van der Waals surface area contributed by atoms with Gasteiger partial charge in [0.1, 0.15) is 5.82 Å². The molecular weight excluding hydrogens is 278 g/mol. The summed E-state index contributed by atoms with van der Waals surface area (Å²) in [6.07, 6.45) is 8.41. The van der Waals surface area contributed by atoms with Crippen LogP contribution in [0.3, 0.4) is 0 Å². The van der Waals surface area contributed by atoms with Gasteiger partial charge < -0.3 is 5.32 Å². The Morgan fingerprint density at radius 2 is 1.81 bits per heavy atom. The molecule has 3 rings (SSSR count). The molecule has 1 saturated carbocycles. The van der Waals surface area contributed by atoms with E-state index in [0.29, 0.717) is 5.25 Å². The summed E-state index contributed by atoms with van der Waals surface area (Å²) >= 11 is 2.03. The van der Waals surface area contributed by atoms with Crippen LogP contribution >= 0.6 is 11.8 Å². The van der Waals surface area contributed by atoms with Crippen LogP contribution in [0, 0.1) is 0 Å². The first kappa shape index (κ1) is 15.3. The molecule has 1 N–H and O–H groups in total. The van der Waals surface area contributed by atoms with E-state index in [0.717, 1.165) is 37.7 Å². The van der Waals surface area contributed by atoms with Gasteiger partial charge in [-0.1, -0.05) is 13.8 Å². The van der Waals surface area contributed by atoms with Crippen LogP contribution < -0.4 is 5.32 Å². The average molecular weight is 305 g/mol. The van der Waals surface area contributed by atoms with Crippen LogP contribution in [-0.4, -0.2) is 28.3 Å². The Bertz CT molecular complexity index is 454. The van der Waals surface area contributed by atoms with Crippen molar-refractivity contribution in [2.45, 2.75) is 70.1 Å². The number of nitrogens with one attached hydrogen (secondary N) is 1. The molecule has 2 fully saturated rings. The smallest absolute Gasteiger partial charge is 0.141 e. The van der Waals surface area contributed by atoms with Crippen molar-refractivity contribution in [1.29, 1.82) is 0 Å². The topological polar surface area (TPSA) is 37.8 Å². The first-order valence-corrected chi connectivity index (χ1v) is 9.60. The summed E-state index contributed by atoms with van der Waals surface area (Å²) in [6.45, 7) is 5.53. The van der Waals surface area contributed by atoms with E-state index in [-0.39, 0.29) is 0 Å². The molecule has 21 heavy (non-hydrogen) atoms. The van der Waals surface area contributed by atoms with E-state index in [4.69, 9.17) is 9.97 Å². The van der Waals surface area contributed by atoms with E-state index in [1.165, 1.54) is 48.4 Å². The number of aryl methyl sites for hydroxylation is 2. The normalized spacial score (nSPS) is 21.9. The highest BCUT2D eigenvalue weighted by Crippen LogP contribution is 2.38. The van der Waals surface area contributed by atoms with Gasteiger partial charge >= 0.3 is 0 Å². The van der Waals surface area contributed by atoms with Gasteiger partial charge in [-0.05, 0) is 62.8 Å². The monoisotopic (exact) mass is 305 g/mol. The minimum atomic E-state index is 0.541.